The van der Waals surface area contributed by atoms with Gasteiger partial charge >= 0.3 is 0 Å². The molecule has 12 heteroatoms. The van der Waals surface area contributed by atoms with E-state index in [4.69, 9.17) is 8.83 Å². The molecular weight excluding hydrogens is 549 g/mol. The smallest absolute Gasteiger partial charge is 0.255 e. The molecule has 0 saturated carbocycles. The standard InChI is InChI=1S/C29H22FN5O5S/c1-31-27(36)25-21-12-20(17-5-4-6-18(11-17)28-34-22-14-32-15-33-29(22)40-28)23(35(2)41(3,37)38)13-24(21)39-26(25)16-7-9-19(30)10-8-16/h4-15H,1-3H3,(H,31,36). The second kappa shape index (κ2) is 9.82. The van der Waals surface area contributed by atoms with Crippen LogP contribution in [0.2, 0.25) is 0 Å². The molecule has 0 aliphatic carbocycles. The normalized spacial score (nSPS) is 11.7. The molecule has 10 nitrogen and oxygen atoms in total. The molecule has 3 aromatic heterocycles. The van der Waals surface area contributed by atoms with Gasteiger partial charge in [-0.05, 0) is 48.0 Å². The number of halogens is 1. The Morgan fingerprint density at radius 1 is 1.00 bits per heavy atom. The highest BCUT2D eigenvalue weighted by molar-refractivity contribution is 7.92. The number of carbonyl (C=O) groups is 1. The summed E-state index contributed by atoms with van der Waals surface area (Å²) in [6, 6.07) is 16.1. The summed E-state index contributed by atoms with van der Waals surface area (Å²) in [6.07, 6.45) is 4.01. The fourth-order valence-corrected chi connectivity index (χ4v) is 5.10. The number of nitrogens with one attached hydrogen (secondary N) is 1. The number of rotatable bonds is 6. The molecule has 0 aliphatic heterocycles. The van der Waals surface area contributed by atoms with Crippen LogP contribution in [0.15, 0.2) is 82.0 Å². The van der Waals surface area contributed by atoms with E-state index in [1.165, 1.54) is 44.7 Å². The average molecular weight is 572 g/mol. The van der Waals surface area contributed by atoms with Crippen molar-refractivity contribution in [2.45, 2.75) is 0 Å². The zero-order chi connectivity index (χ0) is 28.9. The molecule has 0 aliphatic rings. The van der Waals surface area contributed by atoms with Crippen LogP contribution >= 0.6 is 0 Å². The van der Waals surface area contributed by atoms with E-state index < -0.39 is 21.7 Å². The largest absolute Gasteiger partial charge is 0.455 e. The Balaban J connectivity index is 1.61. The van der Waals surface area contributed by atoms with Crippen LogP contribution < -0.4 is 9.62 Å². The Hall–Kier alpha value is -5.10. The van der Waals surface area contributed by atoms with Gasteiger partial charge in [0.05, 0.1) is 23.7 Å². The van der Waals surface area contributed by atoms with E-state index in [-0.39, 0.29) is 16.9 Å². The van der Waals surface area contributed by atoms with Crippen molar-refractivity contribution in [1.29, 1.82) is 0 Å². The summed E-state index contributed by atoms with van der Waals surface area (Å²) in [6.45, 7) is 0. The molecule has 0 spiro atoms. The summed E-state index contributed by atoms with van der Waals surface area (Å²) < 4.78 is 52.1. The van der Waals surface area contributed by atoms with Gasteiger partial charge in [-0.3, -0.25) is 9.10 Å². The van der Waals surface area contributed by atoms with Crippen LogP contribution in [0.5, 0.6) is 0 Å². The second-order valence-electron chi connectivity index (χ2n) is 9.30. The maximum atomic E-state index is 13.7. The number of carbonyl (C=O) groups excluding carboxylic acids is 1. The molecule has 3 aromatic carbocycles. The van der Waals surface area contributed by atoms with E-state index in [2.05, 4.69) is 20.3 Å². The number of hydrogen-bond donors (Lipinski definition) is 1. The predicted molar refractivity (Wildman–Crippen MR) is 152 cm³/mol. The molecule has 0 saturated heterocycles. The summed E-state index contributed by atoms with van der Waals surface area (Å²) in [5.41, 5.74) is 3.93. The number of amides is 1. The Morgan fingerprint density at radius 2 is 1.76 bits per heavy atom. The maximum absolute atomic E-state index is 13.7. The second-order valence-corrected chi connectivity index (χ2v) is 11.3. The highest BCUT2D eigenvalue weighted by atomic mass is 32.2. The van der Waals surface area contributed by atoms with E-state index in [1.807, 2.05) is 6.07 Å². The summed E-state index contributed by atoms with van der Waals surface area (Å²) in [5.74, 6) is -0.309. The van der Waals surface area contributed by atoms with Gasteiger partial charge in [-0.1, -0.05) is 12.1 Å². The molecule has 0 fully saturated rings. The first kappa shape index (κ1) is 26.1. The monoisotopic (exact) mass is 571 g/mol. The highest BCUT2D eigenvalue weighted by Gasteiger charge is 2.26. The van der Waals surface area contributed by atoms with Crippen molar-refractivity contribution < 1.29 is 26.4 Å². The van der Waals surface area contributed by atoms with Crippen molar-refractivity contribution in [3.8, 4) is 33.9 Å². The molecular formula is C29H22FN5O5S. The average Bonchev–Trinajstić information content (AvgIpc) is 3.57. The van der Waals surface area contributed by atoms with E-state index in [9.17, 15) is 17.6 Å². The van der Waals surface area contributed by atoms with Crippen LogP contribution in [0.3, 0.4) is 0 Å². The highest BCUT2D eigenvalue weighted by Crippen LogP contribution is 2.42. The molecule has 41 heavy (non-hydrogen) atoms. The van der Waals surface area contributed by atoms with Crippen LogP contribution in [0, 0.1) is 5.82 Å². The molecule has 6 rings (SSSR count). The molecule has 6 aromatic rings. The lowest BCUT2D eigenvalue weighted by molar-refractivity contribution is 0.0964. The third-order valence-electron chi connectivity index (χ3n) is 6.70. The summed E-state index contributed by atoms with van der Waals surface area (Å²) in [4.78, 5) is 25.6. The van der Waals surface area contributed by atoms with Crippen molar-refractivity contribution in [1.82, 2.24) is 20.3 Å². The number of sulfonamides is 1. The molecule has 0 unspecified atom stereocenters. The first-order valence-corrected chi connectivity index (χ1v) is 14.2. The van der Waals surface area contributed by atoms with Crippen molar-refractivity contribution in [2.75, 3.05) is 24.7 Å². The SMILES string of the molecule is CNC(=O)c1c(-c2ccc(F)cc2)oc2cc(N(C)S(C)(=O)=O)c(-c3cccc(-c4nc5cncnc5o4)c3)cc12. The van der Waals surface area contributed by atoms with E-state index >= 15 is 0 Å². The van der Waals surface area contributed by atoms with Gasteiger partial charge in [-0.15, -0.1) is 0 Å². The van der Waals surface area contributed by atoms with Crippen LogP contribution in [0.25, 0.3) is 56.1 Å². The Labute approximate surface area is 233 Å². The Kier molecular flexibility index (Phi) is 6.26. The number of fused-ring (bicyclic) bond motifs is 2. The first-order valence-electron chi connectivity index (χ1n) is 12.3. The summed E-state index contributed by atoms with van der Waals surface area (Å²) in [5, 5.41) is 3.09. The van der Waals surface area contributed by atoms with Gasteiger partial charge in [-0.2, -0.15) is 4.98 Å². The van der Waals surface area contributed by atoms with Crippen LogP contribution in [-0.2, 0) is 10.0 Å². The molecule has 206 valence electrons. The molecule has 3 heterocycles. The zero-order valence-electron chi connectivity index (χ0n) is 22.0. The van der Waals surface area contributed by atoms with Gasteiger partial charge in [0.25, 0.3) is 5.91 Å². The number of anilines is 1. The third-order valence-corrected chi connectivity index (χ3v) is 7.89. The summed E-state index contributed by atoms with van der Waals surface area (Å²) in [7, 11) is -0.757. The van der Waals surface area contributed by atoms with Gasteiger partial charge in [0.2, 0.25) is 21.6 Å². The number of nitrogens with zero attached hydrogens (tertiary/aromatic N) is 4. The zero-order valence-corrected chi connectivity index (χ0v) is 22.9. The quantitative estimate of drug-likeness (QED) is 0.286. The third kappa shape index (κ3) is 4.67. The minimum absolute atomic E-state index is 0.228. The molecule has 0 radical (unpaired) electrons. The van der Waals surface area contributed by atoms with Crippen molar-refractivity contribution >= 4 is 43.8 Å². The van der Waals surface area contributed by atoms with Crippen LogP contribution in [0.4, 0.5) is 10.1 Å². The van der Waals surface area contributed by atoms with Gasteiger partial charge < -0.3 is 14.2 Å². The fraction of sp³-hybridized carbons (Fsp3) is 0.103. The van der Waals surface area contributed by atoms with Gasteiger partial charge in [0, 0.05) is 42.2 Å². The predicted octanol–water partition coefficient (Wildman–Crippen LogP) is 5.26. The van der Waals surface area contributed by atoms with E-state index in [0.717, 1.165) is 10.6 Å². The Bertz CT molecular complexity index is 2040. The van der Waals surface area contributed by atoms with Crippen molar-refractivity contribution in [2.24, 2.45) is 0 Å². The van der Waals surface area contributed by atoms with E-state index in [0.29, 0.717) is 50.4 Å². The number of aromatic nitrogens is 3. The lowest BCUT2D eigenvalue weighted by Gasteiger charge is -2.21. The van der Waals surface area contributed by atoms with Crippen molar-refractivity contribution in [3.63, 3.8) is 0 Å². The number of oxazole rings is 1. The van der Waals surface area contributed by atoms with Gasteiger partial charge in [-0.25, -0.2) is 22.8 Å². The number of furan rings is 1. The van der Waals surface area contributed by atoms with Gasteiger partial charge in [0.15, 0.2) is 0 Å². The van der Waals surface area contributed by atoms with Crippen molar-refractivity contribution in [3.05, 3.63) is 84.6 Å². The summed E-state index contributed by atoms with van der Waals surface area (Å²) >= 11 is 0. The molecule has 0 atom stereocenters. The minimum Gasteiger partial charge on any atom is -0.455 e. The van der Waals surface area contributed by atoms with Crippen LogP contribution in [-0.4, -0.2) is 49.6 Å². The maximum Gasteiger partial charge on any atom is 0.255 e. The molecule has 1 N–H and O–H groups in total. The minimum atomic E-state index is -3.69. The lowest BCUT2D eigenvalue weighted by atomic mass is 9.97. The Morgan fingerprint density at radius 3 is 2.46 bits per heavy atom. The number of hydrogen-bond acceptors (Lipinski definition) is 8. The lowest BCUT2D eigenvalue weighted by Crippen LogP contribution is -2.25. The van der Waals surface area contributed by atoms with Crippen LogP contribution in [0.1, 0.15) is 10.4 Å². The molecule has 1 amide bonds. The number of benzene rings is 3. The first-order chi connectivity index (χ1) is 19.6. The fourth-order valence-electron chi connectivity index (χ4n) is 4.59. The molecule has 0 bridgehead atoms. The van der Waals surface area contributed by atoms with Gasteiger partial charge in [0.1, 0.15) is 29.0 Å². The van der Waals surface area contributed by atoms with E-state index in [1.54, 1.807) is 36.5 Å². The topological polar surface area (TPSA) is 131 Å².